The molecule has 0 atom stereocenters. The maximum absolute atomic E-state index is 11.0. The number of hydrogen-bond acceptors (Lipinski definition) is 2. The average molecular weight is 186 g/mol. The molecular weight excluding hydrogens is 164 g/mol. The number of ether oxygens (including phenoxy) is 1. The van der Waals surface area contributed by atoms with Crippen molar-refractivity contribution in [3.05, 3.63) is 0 Å². The lowest BCUT2D eigenvalue weighted by atomic mass is 9.91. The molecule has 0 N–H and O–H groups in total. The molecule has 0 unspecified atom stereocenters. The van der Waals surface area contributed by atoms with Crippen LogP contribution < -0.4 is 0 Å². The van der Waals surface area contributed by atoms with Gasteiger partial charge in [0.15, 0.2) is 0 Å². The minimum Gasteiger partial charge on any atom is -0.465 e. The van der Waals surface area contributed by atoms with Crippen LogP contribution in [0.1, 0.15) is 47.5 Å². The Labute approximate surface area is 81.7 Å². The van der Waals surface area contributed by atoms with Crippen molar-refractivity contribution < 1.29 is 9.53 Å². The predicted octanol–water partition coefficient (Wildman–Crippen LogP) is 3.01. The number of carbonyl (C=O) groups is 1. The van der Waals surface area contributed by atoms with Gasteiger partial charge in [-0.05, 0) is 18.3 Å². The van der Waals surface area contributed by atoms with E-state index in [0.717, 1.165) is 12.8 Å². The summed E-state index contributed by atoms with van der Waals surface area (Å²) in [6.45, 7) is 10.8. The fourth-order valence-corrected chi connectivity index (χ4v) is 0.942. The molecule has 0 bridgehead atoms. The molecule has 0 fully saturated rings. The van der Waals surface area contributed by atoms with Gasteiger partial charge in [0.1, 0.15) is 0 Å². The number of esters is 1. The highest BCUT2D eigenvalue weighted by molar-refractivity contribution is 5.71. The molecule has 0 saturated heterocycles. The van der Waals surface area contributed by atoms with Gasteiger partial charge in [0.25, 0.3) is 0 Å². The van der Waals surface area contributed by atoms with Crippen LogP contribution in [-0.4, -0.2) is 12.6 Å². The van der Waals surface area contributed by atoms with Crippen molar-refractivity contribution in [1.29, 1.82) is 0 Å². The minimum atomic E-state index is -0.0890. The molecule has 0 aliphatic rings. The Kier molecular flexibility index (Phi) is 5.04. The Morgan fingerprint density at radius 1 is 1.31 bits per heavy atom. The molecule has 0 heterocycles. The topological polar surface area (TPSA) is 26.3 Å². The van der Waals surface area contributed by atoms with E-state index in [-0.39, 0.29) is 11.9 Å². The van der Waals surface area contributed by atoms with Crippen molar-refractivity contribution in [1.82, 2.24) is 0 Å². The average Bonchev–Trinajstić information content (AvgIpc) is 1.95. The third kappa shape index (κ3) is 7.82. The minimum absolute atomic E-state index is 0.00497. The fourth-order valence-electron chi connectivity index (χ4n) is 0.942. The number of rotatable bonds is 4. The van der Waals surface area contributed by atoms with Gasteiger partial charge in [-0.1, -0.05) is 34.6 Å². The van der Waals surface area contributed by atoms with Crippen LogP contribution in [0.15, 0.2) is 0 Å². The highest BCUT2D eigenvalue weighted by atomic mass is 16.5. The Hall–Kier alpha value is -0.530. The predicted molar refractivity (Wildman–Crippen MR) is 54.5 cm³/mol. The van der Waals surface area contributed by atoms with Gasteiger partial charge in [0.2, 0.25) is 0 Å². The van der Waals surface area contributed by atoms with E-state index in [2.05, 4.69) is 20.8 Å². The van der Waals surface area contributed by atoms with E-state index in [1.807, 2.05) is 13.8 Å². The molecule has 0 aliphatic carbocycles. The molecule has 0 amide bonds. The molecular formula is C11H22O2. The summed E-state index contributed by atoms with van der Waals surface area (Å²) in [5.41, 5.74) is 0.338. The lowest BCUT2D eigenvalue weighted by Crippen LogP contribution is -2.14. The smallest absolute Gasteiger partial charge is 0.308 e. The van der Waals surface area contributed by atoms with Gasteiger partial charge >= 0.3 is 5.97 Å². The zero-order valence-electron chi connectivity index (χ0n) is 9.52. The molecule has 13 heavy (non-hydrogen) atoms. The van der Waals surface area contributed by atoms with Crippen LogP contribution >= 0.6 is 0 Å². The van der Waals surface area contributed by atoms with E-state index >= 15 is 0 Å². The van der Waals surface area contributed by atoms with Gasteiger partial charge in [-0.3, -0.25) is 4.79 Å². The standard InChI is InChI=1S/C11H22O2/c1-9(2)10(12)13-8-6-7-11(3,4)5/h9H,6-8H2,1-5H3. The zero-order valence-corrected chi connectivity index (χ0v) is 9.52. The van der Waals surface area contributed by atoms with E-state index in [9.17, 15) is 4.79 Å². The SMILES string of the molecule is CC(C)C(=O)OCCCC(C)(C)C. The van der Waals surface area contributed by atoms with Crippen molar-refractivity contribution in [3.8, 4) is 0 Å². The largest absolute Gasteiger partial charge is 0.465 e. The first kappa shape index (κ1) is 12.5. The van der Waals surface area contributed by atoms with Crippen molar-refractivity contribution in [2.75, 3.05) is 6.61 Å². The van der Waals surface area contributed by atoms with E-state index in [1.165, 1.54) is 0 Å². The number of hydrogen-bond donors (Lipinski definition) is 0. The van der Waals surface area contributed by atoms with Crippen LogP contribution in [0.3, 0.4) is 0 Å². The van der Waals surface area contributed by atoms with E-state index in [1.54, 1.807) is 0 Å². The van der Waals surface area contributed by atoms with Crippen LogP contribution in [0.4, 0.5) is 0 Å². The molecule has 0 saturated carbocycles. The maximum atomic E-state index is 11.0. The van der Waals surface area contributed by atoms with Crippen LogP contribution in [-0.2, 0) is 9.53 Å². The lowest BCUT2D eigenvalue weighted by molar-refractivity contribution is -0.147. The highest BCUT2D eigenvalue weighted by Crippen LogP contribution is 2.20. The van der Waals surface area contributed by atoms with E-state index < -0.39 is 0 Å². The molecule has 78 valence electrons. The molecule has 0 aliphatic heterocycles. The summed E-state index contributed by atoms with van der Waals surface area (Å²) in [6.07, 6.45) is 2.06. The molecule has 0 rings (SSSR count). The summed E-state index contributed by atoms with van der Waals surface area (Å²) in [4.78, 5) is 11.0. The molecule has 0 radical (unpaired) electrons. The normalized spacial score (nSPS) is 11.8. The molecule has 0 spiro atoms. The van der Waals surface area contributed by atoms with Crippen molar-refractivity contribution >= 4 is 5.97 Å². The van der Waals surface area contributed by atoms with E-state index in [0.29, 0.717) is 12.0 Å². The fraction of sp³-hybridized carbons (Fsp3) is 0.909. The lowest BCUT2D eigenvalue weighted by Gasteiger charge is -2.17. The van der Waals surface area contributed by atoms with Crippen molar-refractivity contribution in [2.45, 2.75) is 47.5 Å². The van der Waals surface area contributed by atoms with Gasteiger partial charge < -0.3 is 4.74 Å². The maximum Gasteiger partial charge on any atom is 0.308 e. The first-order valence-electron chi connectivity index (χ1n) is 4.99. The van der Waals surface area contributed by atoms with Gasteiger partial charge in [-0.2, -0.15) is 0 Å². The van der Waals surface area contributed by atoms with Crippen LogP contribution in [0, 0.1) is 11.3 Å². The first-order chi connectivity index (χ1) is 5.83. The van der Waals surface area contributed by atoms with Gasteiger partial charge in [0.05, 0.1) is 12.5 Å². The quantitative estimate of drug-likeness (QED) is 0.498. The summed E-state index contributed by atoms with van der Waals surface area (Å²) in [5, 5.41) is 0. The summed E-state index contributed by atoms with van der Waals surface area (Å²) >= 11 is 0. The van der Waals surface area contributed by atoms with Gasteiger partial charge in [-0.15, -0.1) is 0 Å². The summed E-state index contributed by atoms with van der Waals surface area (Å²) < 4.78 is 5.06. The van der Waals surface area contributed by atoms with Crippen LogP contribution in [0.2, 0.25) is 0 Å². The third-order valence-electron chi connectivity index (χ3n) is 1.79. The highest BCUT2D eigenvalue weighted by Gasteiger charge is 2.11. The molecule has 2 heteroatoms. The van der Waals surface area contributed by atoms with Crippen molar-refractivity contribution in [2.24, 2.45) is 11.3 Å². The van der Waals surface area contributed by atoms with Crippen LogP contribution in [0.5, 0.6) is 0 Å². The first-order valence-corrected chi connectivity index (χ1v) is 4.99. The summed E-state index contributed by atoms with van der Waals surface area (Å²) in [7, 11) is 0. The third-order valence-corrected chi connectivity index (χ3v) is 1.79. The number of carbonyl (C=O) groups excluding carboxylic acids is 1. The molecule has 2 nitrogen and oxygen atoms in total. The Morgan fingerprint density at radius 3 is 2.23 bits per heavy atom. The van der Waals surface area contributed by atoms with Crippen molar-refractivity contribution in [3.63, 3.8) is 0 Å². The summed E-state index contributed by atoms with van der Waals surface area (Å²) in [6, 6.07) is 0. The monoisotopic (exact) mass is 186 g/mol. The van der Waals surface area contributed by atoms with Gasteiger partial charge in [0, 0.05) is 0 Å². The Bertz CT molecular complexity index is 154. The second kappa shape index (κ2) is 5.25. The van der Waals surface area contributed by atoms with E-state index in [4.69, 9.17) is 4.74 Å². The molecule has 0 aromatic carbocycles. The molecule has 0 aromatic heterocycles. The second-order valence-corrected chi connectivity index (χ2v) is 4.99. The molecule has 0 aromatic rings. The van der Waals surface area contributed by atoms with Crippen LogP contribution in [0.25, 0.3) is 0 Å². The van der Waals surface area contributed by atoms with Gasteiger partial charge in [-0.25, -0.2) is 0 Å². The zero-order chi connectivity index (χ0) is 10.5. The summed E-state index contributed by atoms with van der Waals surface area (Å²) in [5.74, 6) is -0.0939. The second-order valence-electron chi connectivity index (χ2n) is 4.99. The Balaban J connectivity index is 3.42. The Morgan fingerprint density at radius 2 is 1.85 bits per heavy atom.